The van der Waals surface area contributed by atoms with Gasteiger partial charge in [0.05, 0.1) is 19.6 Å². The van der Waals surface area contributed by atoms with Crippen molar-refractivity contribution in [3.63, 3.8) is 0 Å². The van der Waals surface area contributed by atoms with Crippen molar-refractivity contribution in [2.75, 3.05) is 20.1 Å². The van der Waals surface area contributed by atoms with Crippen LogP contribution in [0.4, 0.5) is 0 Å². The molecule has 0 bridgehead atoms. The Morgan fingerprint density at radius 3 is 2.33 bits per heavy atom. The van der Waals surface area contributed by atoms with Crippen LogP contribution in [0.5, 0.6) is 0 Å². The average molecular weight is 214 g/mol. The summed E-state index contributed by atoms with van der Waals surface area (Å²) < 4.78 is 6.08. The number of nitrogens with zero attached hydrogens (tertiary/aromatic N) is 1. The van der Waals surface area contributed by atoms with Crippen LogP contribution < -0.4 is 0 Å². The topological polar surface area (TPSA) is 26.3 Å². The normalized spacial score (nSPS) is 16.9. The minimum Gasteiger partial charge on any atom is -0.454 e. The largest absolute Gasteiger partial charge is 0.454 e. The zero-order valence-corrected chi connectivity index (χ0v) is 10.6. The number of likely N-dealkylation sites (N-methyl/N-ethyl adjacent to an activating group) is 1. The molecule has 0 fully saturated rings. The Morgan fingerprint density at radius 1 is 1.47 bits per heavy atom. The number of hydrogen-bond donors (Lipinski definition) is 0. The van der Waals surface area contributed by atoms with Gasteiger partial charge >= 0.3 is 5.97 Å². The van der Waals surface area contributed by atoms with Gasteiger partial charge in [0, 0.05) is 6.08 Å². The van der Waals surface area contributed by atoms with Gasteiger partial charge in [0.25, 0.3) is 0 Å². The molecular formula is C12H24NO2+. The minimum absolute atomic E-state index is 0.0668. The van der Waals surface area contributed by atoms with Gasteiger partial charge in [0.15, 0.2) is 0 Å². The summed E-state index contributed by atoms with van der Waals surface area (Å²) in [6.45, 7) is 13.7. The number of quaternary nitrogens is 1. The van der Waals surface area contributed by atoms with Gasteiger partial charge in [-0.2, -0.15) is 0 Å². The maximum absolute atomic E-state index is 11.0. The van der Waals surface area contributed by atoms with Crippen LogP contribution in [0.15, 0.2) is 12.7 Å². The van der Waals surface area contributed by atoms with Crippen molar-refractivity contribution in [2.24, 2.45) is 0 Å². The Labute approximate surface area is 93.3 Å². The molecule has 0 saturated heterocycles. The summed E-state index contributed by atoms with van der Waals surface area (Å²) in [4.78, 5) is 11.0. The van der Waals surface area contributed by atoms with Crippen LogP contribution in [0.1, 0.15) is 27.7 Å². The van der Waals surface area contributed by atoms with E-state index in [4.69, 9.17) is 4.74 Å². The maximum atomic E-state index is 11.0. The molecule has 0 heterocycles. The summed E-state index contributed by atoms with van der Waals surface area (Å²) in [5.41, 5.74) is 0. The molecule has 2 unspecified atom stereocenters. The lowest BCUT2D eigenvalue weighted by Crippen LogP contribution is -2.53. The first kappa shape index (κ1) is 14.2. The van der Waals surface area contributed by atoms with Crippen molar-refractivity contribution in [2.45, 2.75) is 39.8 Å². The third-order valence-corrected chi connectivity index (χ3v) is 3.13. The van der Waals surface area contributed by atoms with Crippen LogP contribution in [-0.4, -0.2) is 42.7 Å². The number of rotatable bonds is 6. The second kappa shape index (κ2) is 5.91. The molecule has 2 atom stereocenters. The third kappa shape index (κ3) is 4.47. The first-order valence-electron chi connectivity index (χ1n) is 5.53. The number of esters is 1. The van der Waals surface area contributed by atoms with E-state index < -0.39 is 0 Å². The van der Waals surface area contributed by atoms with Gasteiger partial charge in [0.2, 0.25) is 0 Å². The van der Waals surface area contributed by atoms with E-state index in [1.165, 1.54) is 6.08 Å². The Hall–Kier alpha value is -0.830. The van der Waals surface area contributed by atoms with Crippen LogP contribution in [0.25, 0.3) is 0 Å². The van der Waals surface area contributed by atoms with E-state index in [0.717, 1.165) is 17.6 Å². The minimum atomic E-state index is -0.339. The molecule has 0 aliphatic heterocycles. The van der Waals surface area contributed by atoms with Gasteiger partial charge in [-0.25, -0.2) is 4.79 Å². The molecule has 0 aliphatic rings. The fourth-order valence-corrected chi connectivity index (χ4v) is 1.58. The van der Waals surface area contributed by atoms with Crippen LogP contribution in [0, 0.1) is 0 Å². The second-order valence-electron chi connectivity index (χ2n) is 4.52. The van der Waals surface area contributed by atoms with Gasteiger partial charge in [0.1, 0.15) is 12.6 Å². The van der Waals surface area contributed by atoms with Crippen LogP contribution in [0.2, 0.25) is 0 Å². The molecule has 0 aromatic heterocycles. The molecule has 3 heteroatoms. The van der Waals surface area contributed by atoms with Crippen molar-refractivity contribution in [3.8, 4) is 0 Å². The molecule has 0 radical (unpaired) electrons. The Bertz CT molecular complexity index is 226. The first-order chi connectivity index (χ1) is 6.85. The fourth-order valence-electron chi connectivity index (χ4n) is 1.58. The zero-order chi connectivity index (χ0) is 12.1. The van der Waals surface area contributed by atoms with Crippen molar-refractivity contribution in [3.05, 3.63) is 12.7 Å². The van der Waals surface area contributed by atoms with Gasteiger partial charge in [-0.1, -0.05) is 6.58 Å². The summed E-state index contributed by atoms with van der Waals surface area (Å²) in [6, 6.07) is 0.528. The van der Waals surface area contributed by atoms with Gasteiger partial charge in [-0.05, 0) is 27.7 Å². The number of ether oxygens (including phenoxy) is 1. The van der Waals surface area contributed by atoms with E-state index in [2.05, 4.69) is 34.4 Å². The van der Waals surface area contributed by atoms with Crippen molar-refractivity contribution in [1.82, 2.24) is 0 Å². The van der Waals surface area contributed by atoms with E-state index in [9.17, 15) is 4.79 Å². The average Bonchev–Trinajstić information content (AvgIpc) is 2.16. The molecule has 0 aliphatic carbocycles. The summed E-state index contributed by atoms with van der Waals surface area (Å²) >= 11 is 0. The van der Waals surface area contributed by atoms with Gasteiger partial charge < -0.3 is 9.22 Å². The molecule has 0 aromatic carbocycles. The molecule has 0 N–H and O–H groups in total. The Kier molecular flexibility index (Phi) is 5.58. The molecular weight excluding hydrogens is 190 g/mol. The molecule has 3 nitrogen and oxygen atoms in total. The van der Waals surface area contributed by atoms with Crippen molar-refractivity contribution >= 4 is 5.97 Å². The van der Waals surface area contributed by atoms with Crippen LogP contribution in [0.3, 0.4) is 0 Å². The zero-order valence-electron chi connectivity index (χ0n) is 10.6. The lowest BCUT2D eigenvalue weighted by atomic mass is 10.2. The predicted octanol–water partition coefficient (Wildman–Crippen LogP) is 1.98. The third-order valence-electron chi connectivity index (χ3n) is 3.13. The van der Waals surface area contributed by atoms with Crippen molar-refractivity contribution < 1.29 is 14.0 Å². The first-order valence-corrected chi connectivity index (χ1v) is 5.53. The highest BCUT2D eigenvalue weighted by Crippen LogP contribution is 2.12. The fraction of sp³-hybridized carbons (Fsp3) is 0.750. The van der Waals surface area contributed by atoms with E-state index >= 15 is 0 Å². The van der Waals surface area contributed by atoms with E-state index in [0.29, 0.717) is 6.04 Å². The molecule has 0 saturated carbocycles. The highest BCUT2D eigenvalue weighted by Gasteiger charge is 2.27. The molecule has 0 amide bonds. The van der Waals surface area contributed by atoms with Gasteiger partial charge in [-0.3, -0.25) is 0 Å². The van der Waals surface area contributed by atoms with Gasteiger partial charge in [-0.15, -0.1) is 0 Å². The van der Waals surface area contributed by atoms with Crippen LogP contribution >= 0.6 is 0 Å². The summed E-state index contributed by atoms with van der Waals surface area (Å²) in [6.07, 6.45) is 1.14. The van der Waals surface area contributed by atoms with Crippen molar-refractivity contribution in [1.29, 1.82) is 0 Å². The molecule has 15 heavy (non-hydrogen) atoms. The molecule has 0 rings (SSSR count). The summed E-state index contributed by atoms with van der Waals surface area (Å²) in [7, 11) is 2.18. The highest BCUT2D eigenvalue weighted by molar-refractivity contribution is 5.81. The smallest absolute Gasteiger partial charge is 0.330 e. The molecule has 0 aromatic rings. The molecule has 0 spiro atoms. The maximum Gasteiger partial charge on any atom is 0.330 e. The number of carbonyl (C=O) groups excluding carboxylic acids is 1. The van der Waals surface area contributed by atoms with E-state index in [-0.39, 0.29) is 12.1 Å². The standard InChI is InChI=1S/C12H24NO2/c1-7-12(14)15-11(5)9-13(6,8-2)10(3)4/h7,10-11H,1,8-9H2,2-6H3/q+1. The molecule has 88 valence electrons. The lowest BCUT2D eigenvalue weighted by molar-refractivity contribution is -0.930. The highest BCUT2D eigenvalue weighted by atomic mass is 16.5. The monoisotopic (exact) mass is 214 g/mol. The SMILES string of the molecule is C=CC(=O)OC(C)C[N+](C)(CC)C(C)C. The quantitative estimate of drug-likeness (QED) is 0.384. The Balaban J connectivity index is 4.30. The lowest BCUT2D eigenvalue weighted by Gasteiger charge is -2.39. The van der Waals surface area contributed by atoms with E-state index in [1.54, 1.807) is 0 Å². The summed E-state index contributed by atoms with van der Waals surface area (Å²) in [5.74, 6) is -0.339. The second-order valence-corrected chi connectivity index (χ2v) is 4.52. The Morgan fingerprint density at radius 2 is 2.00 bits per heavy atom. The predicted molar refractivity (Wildman–Crippen MR) is 62.5 cm³/mol. The number of hydrogen-bond acceptors (Lipinski definition) is 2. The number of carbonyl (C=O) groups is 1. The summed E-state index contributed by atoms with van der Waals surface area (Å²) in [5, 5.41) is 0. The van der Waals surface area contributed by atoms with E-state index in [1.807, 2.05) is 6.92 Å². The van der Waals surface area contributed by atoms with Crippen LogP contribution in [-0.2, 0) is 9.53 Å².